The molecule has 2 aromatic rings. The van der Waals surface area contributed by atoms with Crippen LogP contribution in [0.4, 0.5) is 0 Å². The number of hydrogen-bond acceptors (Lipinski definition) is 4. The zero-order valence-corrected chi connectivity index (χ0v) is 9.12. The molecule has 5 nitrogen and oxygen atoms in total. The van der Waals surface area contributed by atoms with Crippen molar-refractivity contribution >= 4 is 5.97 Å². The van der Waals surface area contributed by atoms with E-state index in [0.29, 0.717) is 16.9 Å². The topological polar surface area (TPSA) is 72.3 Å². The highest BCUT2D eigenvalue weighted by Crippen LogP contribution is 2.32. The zero-order chi connectivity index (χ0) is 12.3. The van der Waals surface area contributed by atoms with Gasteiger partial charge in [0.2, 0.25) is 0 Å². The second-order valence-electron chi connectivity index (χ2n) is 3.32. The van der Waals surface area contributed by atoms with Gasteiger partial charge in [0.15, 0.2) is 0 Å². The first-order chi connectivity index (χ1) is 8.24. The van der Waals surface area contributed by atoms with Crippen LogP contribution in [-0.2, 0) is 0 Å². The van der Waals surface area contributed by atoms with E-state index in [9.17, 15) is 4.79 Å². The Bertz CT molecular complexity index is 541. The van der Waals surface area contributed by atoms with Crippen LogP contribution in [0.5, 0.6) is 5.75 Å². The lowest BCUT2D eigenvalue weighted by molar-refractivity contribution is 0.0697. The van der Waals surface area contributed by atoms with Crippen LogP contribution in [0.25, 0.3) is 11.1 Å². The molecule has 5 heteroatoms. The molecule has 1 heterocycles. The summed E-state index contributed by atoms with van der Waals surface area (Å²) in [7, 11) is 1.49. The Labute approximate surface area is 97.7 Å². The molecule has 1 aromatic heterocycles. The van der Waals surface area contributed by atoms with Crippen LogP contribution in [-0.4, -0.2) is 28.2 Å². The highest BCUT2D eigenvalue weighted by Gasteiger charge is 2.16. The lowest BCUT2D eigenvalue weighted by Gasteiger charge is -2.10. The molecule has 17 heavy (non-hydrogen) atoms. The second kappa shape index (κ2) is 4.61. The van der Waals surface area contributed by atoms with Crippen molar-refractivity contribution in [1.82, 2.24) is 9.97 Å². The Morgan fingerprint density at radius 2 is 2.00 bits per heavy atom. The first kappa shape index (κ1) is 11.1. The van der Waals surface area contributed by atoms with Crippen LogP contribution < -0.4 is 4.74 Å². The van der Waals surface area contributed by atoms with E-state index in [1.54, 1.807) is 24.5 Å². The third-order valence-corrected chi connectivity index (χ3v) is 2.33. The van der Waals surface area contributed by atoms with Crippen molar-refractivity contribution in [2.45, 2.75) is 0 Å². The van der Waals surface area contributed by atoms with Crippen LogP contribution >= 0.6 is 0 Å². The monoisotopic (exact) mass is 230 g/mol. The van der Waals surface area contributed by atoms with E-state index >= 15 is 0 Å². The fourth-order valence-corrected chi connectivity index (χ4v) is 1.61. The summed E-state index contributed by atoms with van der Waals surface area (Å²) < 4.78 is 5.17. The van der Waals surface area contributed by atoms with E-state index in [0.717, 1.165) is 0 Å². The number of carbonyl (C=O) groups is 1. The highest BCUT2D eigenvalue weighted by molar-refractivity contribution is 5.97. The smallest absolute Gasteiger partial charge is 0.336 e. The summed E-state index contributed by atoms with van der Waals surface area (Å²) in [5.74, 6) is -0.526. The maximum absolute atomic E-state index is 11.2. The molecular formula is C12H10N2O3. The highest BCUT2D eigenvalue weighted by atomic mass is 16.5. The van der Waals surface area contributed by atoms with Crippen LogP contribution in [0.1, 0.15) is 10.4 Å². The molecular weight excluding hydrogens is 220 g/mol. The molecule has 0 fully saturated rings. The maximum Gasteiger partial charge on any atom is 0.336 e. The van der Waals surface area contributed by atoms with Crippen molar-refractivity contribution in [3.05, 3.63) is 42.5 Å². The number of rotatable bonds is 3. The summed E-state index contributed by atoms with van der Waals surface area (Å²) in [5, 5.41) is 9.15. The molecule has 0 aliphatic heterocycles. The lowest BCUT2D eigenvalue weighted by atomic mass is 10.0. The van der Waals surface area contributed by atoms with Gasteiger partial charge in [-0.2, -0.15) is 0 Å². The zero-order valence-electron chi connectivity index (χ0n) is 9.12. The second-order valence-corrected chi connectivity index (χ2v) is 3.32. The maximum atomic E-state index is 11.2. The van der Waals surface area contributed by atoms with Crippen molar-refractivity contribution in [3.63, 3.8) is 0 Å². The molecule has 2 rings (SSSR count). The van der Waals surface area contributed by atoms with Crippen LogP contribution in [0.2, 0.25) is 0 Å². The first-order valence-electron chi connectivity index (χ1n) is 4.89. The SMILES string of the molecule is COc1cccc(C(=O)O)c1-c1cncnc1. The molecule has 0 spiro atoms. The molecule has 0 radical (unpaired) electrons. The van der Waals surface area contributed by atoms with E-state index in [-0.39, 0.29) is 5.56 Å². The van der Waals surface area contributed by atoms with Gasteiger partial charge >= 0.3 is 5.97 Å². The summed E-state index contributed by atoms with van der Waals surface area (Å²) >= 11 is 0. The third kappa shape index (κ3) is 2.08. The van der Waals surface area contributed by atoms with Gasteiger partial charge in [0.25, 0.3) is 0 Å². The molecule has 86 valence electrons. The van der Waals surface area contributed by atoms with E-state index in [1.807, 2.05) is 0 Å². The van der Waals surface area contributed by atoms with Crippen LogP contribution in [0.15, 0.2) is 36.9 Å². The van der Waals surface area contributed by atoms with Crippen LogP contribution in [0, 0.1) is 0 Å². The van der Waals surface area contributed by atoms with Gasteiger partial charge in [-0.25, -0.2) is 14.8 Å². The van der Waals surface area contributed by atoms with E-state index in [4.69, 9.17) is 9.84 Å². The molecule has 0 atom stereocenters. The Hall–Kier alpha value is -2.43. The lowest BCUT2D eigenvalue weighted by Crippen LogP contribution is -2.01. The number of benzene rings is 1. The number of aromatic nitrogens is 2. The van der Waals surface area contributed by atoms with Gasteiger partial charge in [0.05, 0.1) is 12.7 Å². The number of nitrogens with zero attached hydrogens (tertiary/aromatic N) is 2. The number of methoxy groups -OCH3 is 1. The summed E-state index contributed by atoms with van der Waals surface area (Å²) in [5.41, 5.74) is 1.27. The Balaban J connectivity index is 2.69. The van der Waals surface area contributed by atoms with Crippen molar-refractivity contribution in [2.24, 2.45) is 0 Å². The quantitative estimate of drug-likeness (QED) is 0.871. The standard InChI is InChI=1S/C12H10N2O3/c1-17-10-4-2-3-9(12(15)16)11(10)8-5-13-7-14-6-8/h2-7H,1H3,(H,15,16). The van der Waals surface area contributed by atoms with Crippen molar-refractivity contribution in [2.75, 3.05) is 7.11 Å². The van der Waals surface area contributed by atoms with Gasteiger partial charge < -0.3 is 9.84 Å². The molecule has 0 unspecified atom stereocenters. The predicted octanol–water partition coefficient (Wildman–Crippen LogP) is 1.85. The summed E-state index contributed by atoms with van der Waals surface area (Å²) in [6.45, 7) is 0. The molecule has 0 aliphatic rings. The molecule has 1 aromatic carbocycles. The number of hydrogen-bond donors (Lipinski definition) is 1. The molecule has 0 saturated carbocycles. The predicted molar refractivity (Wildman–Crippen MR) is 61.0 cm³/mol. The summed E-state index contributed by atoms with van der Waals surface area (Å²) in [4.78, 5) is 18.9. The largest absolute Gasteiger partial charge is 0.496 e. The van der Waals surface area contributed by atoms with E-state index < -0.39 is 5.97 Å². The number of aromatic carboxylic acids is 1. The van der Waals surface area contributed by atoms with E-state index in [2.05, 4.69) is 9.97 Å². The number of carboxylic acids is 1. The fourth-order valence-electron chi connectivity index (χ4n) is 1.61. The van der Waals surface area contributed by atoms with E-state index in [1.165, 1.54) is 19.5 Å². The average Bonchev–Trinajstić information content (AvgIpc) is 2.38. The Kier molecular flexibility index (Phi) is 3.00. The number of ether oxygens (including phenoxy) is 1. The molecule has 0 amide bonds. The Morgan fingerprint density at radius 1 is 1.29 bits per heavy atom. The minimum atomic E-state index is -1.01. The number of carboxylic acid groups (broad SMARTS) is 1. The fraction of sp³-hybridized carbons (Fsp3) is 0.0833. The first-order valence-corrected chi connectivity index (χ1v) is 4.89. The minimum Gasteiger partial charge on any atom is -0.496 e. The van der Waals surface area contributed by atoms with Gasteiger partial charge in [-0.3, -0.25) is 0 Å². The minimum absolute atomic E-state index is 0.166. The van der Waals surface area contributed by atoms with Gasteiger partial charge in [0, 0.05) is 23.5 Å². The molecule has 0 aliphatic carbocycles. The third-order valence-electron chi connectivity index (χ3n) is 2.33. The normalized spacial score (nSPS) is 9.94. The van der Waals surface area contributed by atoms with Gasteiger partial charge in [-0.15, -0.1) is 0 Å². The summed E-state index contributed by atoms with van der Waals surface area (Å²) in [6.07, 6.45) is 4.49. The van der Waals surface area contributed by atoms with Crippen molar-refractivity contribution in [1.29, 1.82) is 0 Å². The van der Waals surface area contributed by atoms with Crippen molar-refractivity contribution in [3.8, 4) is 16.9 Å². The molecule has 1 N–H and O–H groups in total. The molecule has 0 saturated heterocycles. The average molecular weight is 230 g/mol. The van der Waals surface area contributed by atoms with Gasteiger partial charge in [-0.05, 0) is 12.1 Å². The molecule has 0 bridgehead atoms. The van der Waals surface area contributed by atoms with Gasteiger partial charge in [0.1, 0.15) is 12.1 Å². The summed E-state index contributed by atoms with van der Waals surface area (Å²) in [6, 6.07) is 4.86. The van der Waals surface area contributed by atoms with Crippen molar-refractivity contribution < 1.29 is 14.6 Å². The van der Waals surface area contributed by atoms with Crippen LogP contribution in [0.3, 0.4) is 0 Å². The van der Waals surface area contributed by atoms with Gasteiger partial charge in [-0.1, -0.05) is 6.07 Å². The Morgan fingerprint density at radius 3 is 2.59 bits per heavy atom.